The summed E-state index contributed by atoms with van der Waals surface area (Å²) in [4.78, 5) is 7.60. The van der Waals surface area contributed by atoms with Crippen molar-refractivity contribution in [3.63, 3.8) is 0 Å². The number of pyridine rings is 1. The average Bonchev–Trinajstić information content (AvgIpc) is 3.04. The van der Waals surface area contributed by atoms with Crippen molar-refractivity contribution in [2.45, 2.75) is 31.3 Å². The van der Waals surface area contributed by atoms with E-state index in [1.54, 1.807) is 12.3 Å². The van der Waals surface area contributed by atoms with Crippen molar-refractivity contribution in [2.24, 2.45) is 0 Å². The van der Waals surface area contributed by atoms with Gasteiger partial charge in [-0.15, -0.1) is 5.10 Å². The predicted molar refractivity (Wildman–Crippen MR) is 102 cm³/mol. The minimum atomic E-state index is -4.64. The van der Waals surface area contributed by atoms with Gasteiger partial charge in [-0.05, 0) is 25.5 Å². The first-order valence-electron chi connectivity index (χ1n) is 9.31. The van der Waals surface area contributed by atoms with Gasteiger partial charge in [0, 0.05) is 25.0 Å². The van der Waals surface area contributed by atoms with Crippen LogP contribution >= 0.6 is 0 Å². The Morgan fingerprint density at radius 1 is 1.37 bits per heavy atom. The Morgan fingerprint density at radius 3 is 2.93 bits per heavy atom. The highest BCUT2D eigenvalue weighted by molar-refractivity contribution is 5.64. The third kappa shape index (κ3) is 4.09. The number of anilines is 2. The van der Waals surface area contributed by atoms with Gasteiger partial charge in [0.1, 0.15) is 17.5 Å². The SMILES string of the molecule is Nc1nn2ccc(C(F)(F)F)nc2c1C(O)Nc1cnccc1O[C@H]1CCCNC1. The molecule has 3 aromatic rings. The normalized spacial score (nSPS) is 18.3. The molecule has 0 aliphatic carbocycles. The highest BCUT2D eigenvalue weighted by atomic mass is 19.4. The van der Waals surface area contributed by atoms with Crippen molar-refractivity contribution in [2.75, 3.05) is 24.1 Å². The summed E-state index contributed by atoms with van der Waals surface area (Å²) < 4.78 is 46.2. The number of nitrogens with two attached hydrogens (primary N) is 1. The zero-order valence-electron chi connectivity index (χ0n) is 15.7. The lowest BCUT2D eigenvalue weighted by atomic mass is 10.1. The number of aliphatic hydroxyl groups is 1. The van der Waals surface area contributed by atoms with Crippen molar-refractivity contribution in [1.82, 2.24) is 24.9 Å². The number of aliphatic hydroxyl groups excluding tert-OH is 1. The third-order valence-corrected chi connectivity index (χ3v) is 4.73. The number of ether oxygens (including phenoxy) is 1. The molecule has 0 radical (unpaired) electrons. The minimum Gasteiger partial charge on any atom is -0.487 e. The Kier molecular flexibility index (Phi) is 5.35. The van der Waals surface area contributed by atoms with Gasteiger partial charge in [0.2, 0.25) is 0 Å². The first kappa shape index (κ1) is 20.2. The van der Waals surface area contributed by atoms with Gasteiger partial charge >= 0.3 is 6.18 Å². The molecule has 12 heteroatoms. The highest BCUT2D eigenvalue weighted by Gasteiger charge is 2.34. The lowest BCUT2D eigenvalue weighted by Gasteiger charge is -2.25. The van der Waals surface area contributed by atoms with Crippen molar-refractivity contribution in [1.29, 1.82) is 0 Å². The summed E-state index contributed by atoms with van der Waals surface area (Å²) in [6.07, 6.45) is -0.238. The number of nitrogen functional groups attached to an aromatic ring is 1. The smallest absolute Gasteiger partial charge is 0.433 e. The number of rotatable bonds is 5. The van der Waals surface area contributed by atoms with Crippen molar-refractivity contribution < 1.29 is 23.0 Å². The molecule has 1 aliphatic heterocycles. The maximum Gasteiger partial charge on any atom is 0.433 e. The Labute approximate surface area is 169 Å². The van der Waals surface area contributed by atoms with Gasteiger partial charge in [0.05, 0.1) is 17.4 Å². The fourth-order valence-electron chi connectivity index (χ4n) is 3.30. The number of nitrogens with zero attached hydrogens (tertiary/aromatic N) is 4. The van der Waals surface area contributed by atoms with Crippen LogP contribution in [0.15, 0.2) is 30.7 Å². The van der Waals surface area contributed by atoms with Gasteiger partial charge in [-0.25, -0.2) is 9.50 Å². The van der Waals surface area contributed by atoms with Crippen LogP contribution < -0.4 is 21.1 Å². The molecule has 5 N–H and O–H groups in total. The summed E-state index contributed by atoms with van der Waals surface area (Å²) >= 11 is 0. The van der Waals surface area contributed by atoms with E-state index in [0.717, 1.165) is 36.2 Å². The molecule has 9 nitrogen and oxygen atoms in total. The minimum absolute atomic E-state index is 0.0445. The zero-order chi connectivity index (χ0) is 21.3. The van der Waals surface area contributed by atoms with Crippen molar-refractivity contribution in [3.05, 3.63) is 42.0 Å². The van der Waals surface area contributed by atoms with Crippen LogP contribution in [0.3, 0.4) is 0 Å². The number of nitrogens with one attached hydrogen (secondary N) is 2. The van der Waals surface area contributed by atoms with E-state index < -0.39 is 18.1 Å². The Balaban J connectivity index is 1.62. The van der Waals surface area contributed by atoms with E-state index in [2.05, 4.69) is 25.7 Å². The van der Waals surface area contributed by atoms with Crippen molar-refractivity contribution >= 4 is 17.2 Å². The molecule has 0 saturated carbocycles. The van der Waals surface area contributed by atoms with Crippen LogP contribution in [0.4, 0.5) is 24.7 Å². The maximum absolute atomic E-state index is 13.0. The molecule has 0 aromatic carbocycles. The Bertz CT molecular complexity index is 1030. The molecule has 1 saturated heterocycles. The molecule has 4 rings (SSSR count). The fraction of sp³-hybridized carbons (Fsp3) is 0.389. The van der Waals surface area contributed by atoms with Gasteiger partial charge in [-0.2, -0.15) is 13.2 Å². The van der Waals surface area contributed by atoms with Gasteiger partial charge in [0.15, 0.2) is 17.7 Å². The molecule has 0 spiro atoms. The largest absolute Gasteiger partial charge is 0.487 e. The topological polar surface area (TPSA) is 123 Å². The lowest BCUT2D eigenvalue weighted by Crippen LogP contribution is -2.37. The molecule has 0 amide bonds. The summed E-state index contributed by atoms with van der Waals surface area (Å²) in [5, 5.41) is 20.7. The first-order chi connectivity index (χ1) is 14.3. The number of piperidine rings is 1. The van der Waals surface area contributed by atoms with E-state index in [9.17, 15) is 18.3 Å². The van der Waals surface area contributed by atoms with Crippen LogP contribution in [0.1, 0.15) is 30.3 Å². The summed E-state index contributed by atoms with van der Waals surface area (Å²) in [6, 6.07) is 2.43. The summed E-state index contributed by atoms with van der Waals surface area (Å²) in [6.45, 7) is 1.62. The average molecular weight is 423 g/mol. The highest BCUT2D eigenvalue weighted by Crippen LogP contribution is 2.33. The van der Waals surface area contributed by atoms with E-state index in [0.29, 0.717) is 18.0 Å². The number of fused-ring (bicyclic) bond motifs is 1. The van der Waals surface area contributed by atoms with Gasteiger partial charge < -0.3 is 26.2 Å². The number of aromatic nitrogens is 4. The first-order valence-corrected chi connectivity index (χ1v) is 9.31. The van der Waals surface area contributed by atoms with Crippen LogP contribution in [0.5, 0.6) is 5.75 Å². The molecule has 1 unspecified atom stereocenters. The number of halogens is 3. The van der Waals surface area contributed by atoms with Crippen LogP contribution in [-0.4, -0.2) is 43.9 Å². The second kappa shape index (κ2) is 7.95. The van der Waals surface area contributed by atoms with E-state index in [4.69, 9.17) is 10.5 Å². The standard InChI is InChI=1S/C18H20F3N7O2/c19-18(20,21)13-4-7-28-16(26-13)14(15(22)27-28)17(29)25-11-9-24-6-3-12(11)30-10-2-1-5-23-8-10/h3-4,6-7,9-10,17,23,25,29H,1-2,5,8H2,(H2,22,27)/t10-,17?/m0/s1. The molecule has 1 fully saturated rings. The van der Waals surface area contributed by atoms with Crippen LogP contribution in [0.2, 0.25) is 0 Å². The Morgan fingerprint density at radius 2 is 2.20 bits per heavy atom. The van der Waals surface area contributed by atoms with Gasteiger partial charge in [-0.3, -0.25) is 4.98 Å². The Hall–Kier alpha value is -3.12. The van der Waals surface area contributed by atoms with Gasteiger partial charge in [-0.1, -0.05) is 0 Å². The van der Waals surface area contributed by atoms with Crippen LogP contribution in [0, 0.1) is 0 Å². The van der Waals surface area contributed by atoms with Gasteiger partial charge in [0.25, 0.3) is 0 Å². The second-order valence-electron chi connectivity index (χ2n) is 6.88. The number of hydrogen-bond acceptors (Lipinski definition) is 8. The molecule has 1 aliphatic rings. The van der Waals surface area contributed by atoms with E-state index in [-0.39, 0.29) is 23.1 Å². The molecule has 4 heterocycles. The van der Waals surface area contributed by atoms with Crippen molar-refractivity contribution in [3.8, 4) is 5.75 Å². The second-order valence-corrected chi connectivity index (χ2v) is 6.88. The number of hydrogen-bond donors (Lipinski definition) is 4. The summed E-state index contributed by atoms with van der Waals surface area (Å²) in [7, 11) is 0. The summed E-state index contributed by atoms with van der Waals surface area (Å²) in [5.74, 6) is 0.307. The molecule has 0 bridgehead atoms. The predicted octanol–water partition coefficient (Wildman–Crippen LogP) is 1.96. The molecular weight excluding hydrogens is 403 g/mol. The molecule has 160 valence electrons. The number of alkyl halides is 3. The molecule has 30 heavy (non-hydrogen) atoms. The quantitative estimate of drug-likeness (QED) is 0.460. The molecule has 2 atom stereocenters. The van der Waals surface area contributed by atoms with E-state index >= 15 is 0 Å². The summed E-state index contributed by atoms with van der Waals surface area (Å²) in [5.41, 5.74) is 4.82. The lowest BCUT2D eigenvalue weighted by molar-refractivity contribution is -0.141. The zero-order valence-corrected chi connectivity index (χ0v) is 15.7. The third-order valence-electron chi connectivity index (χ3n) is 4.73. The van der Waals surface area contributed by atoms with Crippen LogP contribution in [-0.2, 0) is 6.18 Å². The van der Waals surface area contributed by atoms with E-state index in [1.165, 1.54) is 6.20 Å². The molecular formula is C18H20F3N7O2. The maximum atomic E-state index is 13.0. The van der Waals surface area contributed by atoms with E-state index in [1.807, 2.05) is 0 Å². The molecule has 3 aromatic heterocycles. The fourth-order valence-corrected chi connectivity index (χ4v) is 3.30. The van der Waals surface area contributed by atoms with Crippen LogP contribution in [0.25, 0.3) is 5.65 Å². The monoisotopic (exact) mass is 423 g/mol.